The van der Waals surface area contributed by atoms with Crippen LogP contribution in [-0.2, 0) is 0 Å². The molecule has 2 nitrogen and oxygen atoms in total. The van der Waals surface area contributed by atoms with Gasteiger partial charge in [0.15, 0.2) is 0 Å². The molecule has 2 N–H and O–H groups in total. The molecule has 150 valence electrons. The first kappa shape index (κ1) is 20.7. The second-order valence-electron chi connectivity index (χ2n) is 7.25. The van der Waals surface area contributed by atoms with Gasteiger partial charge in [-0.25, -0.2) is 0 Å². The lowest BCUT2D eigenvalue weighted by atomic mass is 9.88. The van der Waals surface area contributed by atoms with E-state index in [-0.39, 0.29) is 17.4 Å². The van der Waals surface area contributed by atoms with Crippen LogP contribution in [0.5, 0.6) is 11.5 Å². The van der Waals surface area contributed by atoms with Gasteiger partial charge in [-0.05, 0) is 78.4 Å². The van der Waals surface area contributed by atoms with Gasteiger partial charge in [0, 0.05) is 17.0 Å². The molecule has 0 aliphatic rings. The van der Waals surface area contributed by atoms with Crippen molar-refractivity contribution in [2.75, 3.05) is 0 Å². The highest BCUT2D eigenvalue weighted by atomic mass is 79.9. The molecular weight excluding hydrogens is 504 g/mol. The fourth-order valence-corrected chi connectivity index (χ4v) is 4.56. The fourth-order valence-electron chi connectivity index (χ4n) is 3.61. The molecule has 4 rings (SSSR count). The first-order chi connectivity index (χ1) is 14.5. The van der Waals surface area contributed by atoms with Gasteiger partial charge in [0.05, 0.1) is 8.95 Å². The van der Waals surface area contributed by atoms with E-state index < -0.39 is 0 Å². The van der Waals surface area contributed by atoms with E-state index in [2.05, 4.69) is 38.8 Å². The van der Waals surface area contributed by atoms with Crippen molar-refractivity contribution in [2.45, 2.75) is 12.8 Å². The summed E-state index contributed by atoms with van der Waals surface area (Å²) in [6, 6.07) is 27.7. The summed E-state index contributed by atoms with van der Waals surface area (Å²) in [5, 5.41) is 21.2. The molecule has 30 heavy (non-hydrogen) atoms. The molecule has 0 amide bonds. The normalized spacial score (nSPS) is 11.1. The van der Waals surface area contributed by atoms with Gasteiger partial charge < -0.3 is 10.2 Å². The highest BCUT2D eigenvalue weighted by Gasteiger charge is 2.18. The molecule has 0 bridgehead atoms. The lowest BCUT2D eigenvalue weighted by molar-refractivity contribution is 0.473. The quantitative estimate of drug-likeness (QED) is 0.283. The molecule has 0 aliphatic carbocycles. The van der Waals surface area contributed by atoms with Crippen LogP contribution >= 0.6 is 31.9 Å². The maximum atomic E-state index is 10.6. The summed E-state index contributed by atoms with van der Waals surface area (Å²) < 4.78 is 1.32. The summed E-state index contributed by atoms with van der Waals surface area (Å²) in [6.45, 7) is 2.13. The van der Waals surface area contributed by atoms with Crippen LogP contribution in [0.25, 0.3) is 22.3 Å². The molecule has 0 saturated heterocycles. The highest BCUT2D eigenvalue weighted by Crippen LogP contribution is 2.42. The van der Waals surface area contributed by atoms with Crippen LogP contribution in [0.3, 0.4) is 0 Å². The molecule has 0 atom stereocenters. The first-order valence-corrected chi connectivity index (χ1v) is 11.2. The van der Waals surface area contributed by atoms with Crippen molar-refractivity contribution in [1.29, 1.82) is 0 Å². The van der Waals surface area contributed by atoms with Gasteiger partial charge in [-0.2, -0.15) is 0 Å². The van der Waals surface area contributed by atoms with Crippen molar-refractivity contribution < 1.29 is 10.2 Å². The Balaban J connectivity index is 1.82. The molecule has 4 heteroatoms. The SMILES string of the molecule is CC(c1cc(Br)c(O)c(-c2ccccc2)c1)c1cc(Br)c(O)c(-c2ccccc2)c1. The molecular formula is C26H20Br2O2. The third-order valence-corrected chi connectivity index (χ3v) is 6.55. The number of phenolic OH excluding ortho intramolecular Hbond substituents is 2. The largest absolute Gasteiger partial charge is 0.506 e. The molecule has 0 aliphatic heterocycles. The number of hydrogen-bond donors (Lipinski definition) is 2. The summed E-state index contributed by atoms with van der Waals surface area (Å²) in [7, 11) is 0. The Morgan fingerprint density at radius 2 is 0.967 bits per heavy atom. The van der Waals surface area contributed by atoms with E-state index in [4.69, 9.17) is 0 Å². The topological polar surface area (TPSA) is 40.5 Å². The zero-order valence-electron chi connectivity index (χ0n) is 16.3. The van der Waals surface area contributed by atoms with Gasteiger partial charge in [0.2, 0.25) is 0 Å². The predicted octanol–water partition coefficient (Wildman–Crippen LogP) is 8.11. The first-order valence-electron chi connectivity index (χ1n) is 9.61. The van der Waals surface area contributed by atoms with Gasteiger partial charge in [0.1, 0.15) is 11.5 Å². The second-order valence-corrected chi connectivity index (χ2v) is 8.96. The van der Waals surface area contributed by atoms with Gasteiger partial charge in [-0.1, -0.05) is 67.6 Å². The average Bonchev–Trinajstić information content (AvgIpc) is 2.78. The Morgan fingerprint density at radius 1 is 0.600 bits per heavy atom. The smallest absolute Gasteiger partial charge is 0.137 e. The fraction of sp³-hybridized carbons (Fsp3) is 0.0769. The molecule has 0 radical (unpaired) electrons. The molecule has 4 aromatic rings. The van der Waals surface area contributed by atoms with Gasteiger partial charge in [-0.3, -0.25) is 0 Å². The summed E-state index contributed by atoms with van der Waals surface area (Å²) >= 11 is 7.03. The van der Waals surface area contributed by atoms with Gasteiger partial charge in [0.25, 0.3) is 0 Å². The Labute approximate surface area is 193 Å². The van der Waals surface area contributed by atoms with E-state index in [1.807, 2.05) is 84.9 Å². The number of phenols is 2. The van der Waals surface area contributed by atoms with Crippen molar-refractivity contribution >= 4 is 31.9 Å². The standard InChI is InChI=1S/C26H20Br2O2/c1-16(19-12-21(25(29)23(27)14-19)17-8-4-2-5-9-17)20-13-22(26(30)24(28)15-20)18-10-6-3-7-11-18/h2-16,29-30H,1H3. The number of halogens is 2. The Hall–Kier alpha value is -2.56. The number of hydrogen-bond acceptors (Lipinski definition) is 2. The van der Waals surface area contributed by atoms with E-state index >= 15 is 0 Å². The van der Waals surface area contributed by atoms with E-state index in [0.717, 1.165) is 33.4 Å². The zero-order valence-corrected chi connectivity index (χ0v) is 19.5. The zero-order chi connectivity index (χ0) is 21.3. The van der Waals surface area contributed by atoms with Crippen LogP contribution in [0.2, 0.25) is 0 Å². The molecule has 0 fully saturated rings. The van der Waals surface area contributed by atoms with E-state index in [0.29, 0.717) is 8.95 Å². The lowest BCUT2D eigenvalue weighted by Gasteiger charge is -2.18. The van der Waals surface area contributed by atoms with Crippen LogP contribution < -0.4 is 0 Å². The monoisotopic (exact) mass is 522 g/mol. The van der Waals surface area contributed by atoms with E-state index in [9.17, 15) is 10.2 Å². The Bertz CT molecular complexity index is 1090. The maximum absolute atomic E-state index is 10.6. The Morgan fingerprint density at radius 3 is 1.33 bits per heavy atom. The lowest BCUT2D eigenvalue weighted by Crippen LogP contribution is -1.98. The Kier molecular flexibility index (Phi) is 5.98. The van der Waals surface area contributed by atoms with Crippen LogP contribution in [0, 0.1) is 0 Å². The molecule has 0 spiro atoms. The predicted molar refractivity (Wildman–Crippen MR) is 130 cm³/mol. The van der Waals surface area contributed by atoms with Crippen molar-refractivity contribution in [3.8, 4) is 33.8 Å². The van der Waals surface area contributed by atoms with Gasteiger partial charge >= 0.3 is 0 Å². The van der Waals surface area contributed by atoms with E-state index in [1.54, 1.807) is 0 Å². The molecule has 0 aromatic heterocycles. The average molecular weight is 524 g/mol. The number of aromatic hydroxyl groups is 2. The van der Waals surface area contributed by atoms with Crippen molar-refractivity contribution in [3.05, 3.63) is 105 Å². The molecule has 0 saturated carbocycles. The van der Waals surface area contributed by atoms with Crippen LogP contribution in [0.15, 0.2) is 93.9 Å². The molecule has 0 heterocycles. The van der Waals surface area contributed by atoms with E-state index in [1.165, 1.54) is 0 Å². The highest BCUT2D eigenvalue weighted by molar-refractivity contribution is 9.11. The molecule has 0 unspecified atom stereocenters. The summed E-state index contributed by atoms with van der Waals surface area (Å²) in [5.74, 6) is 0.506. The van der Waals surface area contributed by atoms with Crippen molar-refractivity contribution in [1.82, 2.24) is 0 Å². The number of benzene rings is 4. The minimum absolute atomic E-state index is 0.0451. The number of rotatable bonds is 4. The third kappa shape index (κ3) is 4.03. The van der Waals surface area contributed by atoms with Gasteiger partial charge in [-0.15, -0.1) is 0 Å². The molecule has 4 aromatic carbocycles. The van der Waals surface area contributed by atoms with Crippen LogP contribution in [0.1, 0.15) is 24.0 Å². The third-order valence-electron chi connectivity index (χ3n) is 5.34. The van der Waals surface area contributed by atoms with Crippen molar-refractivity contribution in [2.24, 2.45) is 0 Å². The second kappa shape index (κ2) is 8.66. The van der Waals surface area contributed by atoms with Crippen LogP contribution in [-0.4, -0.2) is 10.2 Å². The van der Waals surface area contributed by atoms with Crippen LogP contribution in [0.4, 0.5) is 0 Å². The minimum atomic E-state index is 0.0451. The van der Waals surface area contributed by atoms with Crippen molar-refractivity contribution in [3.63, 3.8) is 0 Å². The summed E-state index contributed by atoms with van der Waals surface area (Å²) in [4.78, 5) is 0. The summed E-state index contributed by atoms with van der Waals surface area (Å²) in [5.41, 5.74) is 5.62. The minimum Gasteiger partial charge on any atom is -0.506 e. The summed E-state index contributed by atoms with van der Waals surface area (Å²) in [6.07, 6.45) is 0. The maximum Gasteiger partial charge on any atom is 0.137 e.